The first-order valence-corrected chi connectivity index (χ1v) is 6.55. The van der Waals surface area contributed by atoms with E-state index in [9.17, 15) is 9.59 Å². The average Bonchev–Trinajstić information content (AvgIpc) is 2.74. The molecule has 0 aliphatic carbocycles. The molecule has 5 nitrogen and oxygen atoms in total. The van der Waals surface area contributed by atoms with Crippen LogP contribution in [0.1, 0.15) is 26.7 Å². The van der Waals surface area contributed by atoms with E-state index in [1.807, 2.05) is 25.8 Å². The predicted octanol–water partition coefficient (Wildman–Crippen LogP) is 0.406. The molecular formula is C13H25N3O2. The zero-order valence-electron chi connectivity index (χ0n) is 12.1. The lowest BCUT2D eigenvalue weighted by Gasteiger charge is -2.28. The maximum Gasteiger partial charge on any atom is 0.239 e. The standard InChI is InChI=1S/C13H25N3O2/c1-10(2)15(5)12(17)9-16-8-6-7-11(16)13(18)14(3)4/h10-11H,6-9H2,1-5H3. The second-order valence-corrected chi connectivity index (χ2v) is 5.46. The number of likely N-dealkylation sites (tertiary alicyclic amines) is 1. The number of rotatable bonds is 4. The van der Waals surface area contributed by atoms with Crippen molar-refractivity contribution in [3.05, 3.63) is 0 Å². The Bertz CT molecular complexity index is 315. The van der Waals surface area contributed by atoms with Crippen molar-refractivity contribution in [1.29, 1.82) is 0 Å². The van der Waals surface area contributed by atoms with Crippen LogP contribution >= 0.6 is 0 Å². The van der Waals surface area contributed by atoms with Gasteiger partial charge in [-0.1, -0.05) is 0 Å². The van der Waals surface area contributed by atoms with Crippen LogP contribution in [0.3, 0.4) is 0 Å². The first kappa shape index (κ1) is 15.0. The minimum Gasteiger partial charge on any atom is -0.347 e. The van der Waals surface area contributed by atoms with Gasteiger partial charge < -0.3 is 9.80 Å². The minimum absolute atomic E-state index is 0.0865. The highest BCUT2D eigenvalue weighted by atomic mass is 16.2. The van der Waals surface area contributed by atoms with E-state index in [2.05, 4.69) is 0 Å². The van der Waals surface area contributed by atoms with Gasteiger partial charge in [-0.2, -0.15) is 0 Å². The van der Waals surface area contributed by atoms with Crippen LogP contribution in [0.15, 0.2) is 0 Å². The predicted molar refractivity (Wildman–Crippen MR) is 71.2 cm³/mol. The van der Waals surface area contributed by atoms with Crippen LogP contribution < -0.4 is 0 Å². The van der Waals surface area contributed by atoms with Gasteiger partial charge in [-0.05, 0) is 33.2 Å². The van der Waals surface area contributed by atoms with Gasteiger partial charge in [-0.3, -0.25) is 14.5 Å². The van der Waals surface area contributed by atoms with E-state index in [0.717, 1.165) is 19.4 Å². The molecule has 1 rings (SSSR count). The monoisotopic (exact) mass is 255 g/mol. The van der Waals surface area contributed by atoms with Crippen molar-refractivity contribution in [2.45, 2.75) is 38.8 Å². The van der Waals surface area contributed by atoms with Gasteiger partial charge in [0.15, 0.2) is 0 Å². The number of likely N-dealkylation sites (N-methyl/N-ethyl adjacent to an activating group) is 2. The van der Waals surface area contributed by atoms with Gasteiger partial charge in [0.1, 0.15) is 0 Å². The van der Waals surface area contributed by atoms with Crippen LogP contribution in [0, 0.1) is 0 Å². The van der Waals surface area contributed by atoms with E-state index in [1.54, 1.807) is 23.9 Å². The number of carbonyl (C=O) groups excluding carboxylic acids is 2. The quantitative estimate of drug-likeness (QED) is 0.730. The van der Waals surface area contributed by atoms with E-state index >= 15 is 0 Å². The largest absolute Gasteiger partial charge is 0.347 e. The SMILES string of the molecule is CC(C)N(C)C(=O)CN1CCCC1C(=O)N(C)C. The van der Waals surface area contributed by atoms with Crippen molar-refractivity contribution in [3.63, 3.8) is 0 Å². The summed E-state index contributed by atoms with van der Waals surface area (Å²) >= 11 is 0. The Balaban J connectivity index is 2.61. The molecule has 1 heterocycles. The third-order valence-corrected chi connectivity index (χ3v) is 3.60. The summed E-state index contributed by atoms with van der Waals surface area (Å²) in [6, 6.07) is 0.0765. The summed E-state index contributed by atoms with van der Waals surface area (Å²) in [4.78, 5) is 29.4. The molecule has 1 aliphatic rings. The van der Waals surface area contributed by atoms with Crippen LogP contribution in [0.2, 0.25) is 0 Å². The Hall–Kier alpha value is -1.10. The maximum atomic E-state index is 12.0. The van der Waals surface area contributed by atoms with Gasteiger partial charge in [0.2, 0.25) is 11.8 Å². The van der Waals surface area contributed by atoms with Crippen LogP contribution in [0.25, 0.3) is 0 Å². The molecule has 0 aromatic rings. The second-order valence-electron chi connectivity index (χ2n) is 5.46. The fourth-order valence-electron chi connectivity index (χ4n) is 2.17. The Morgan fingerprint density at radius 2 is 1.89 bits per heavy atom. The highest BCUT2D eigenvalue weighted by molar-refractivity contribution is 5.83. The van der Waals surface area contributed by atoms with E-state index in [1.165, 1.54) is 0 Å². The summed E-state index contributed by atoms with van der Waals surface area (Å²) in [6.07, 6.45) is 1.85. The van der Waals surface area contributed by atoms with Gasteiger partial charge in [0, 0.05) is 27.2 Å². The van der Waals surface area contributed by atoms with Crippen molar-refractivity contribution in [2.75, 3.05) is 34.2 Å². The van der Waals surface area contributed by atoms with Crippen LogP contribution in [-0.2, 0) is 9.59 Å². The van der Waals surface area contributed by atoms with Crippen LogP contribution in [0.4, 0.5) is 0 Å². The lowest BCUT2D eigenvalue weighted by atomic mass is 10.2. The first-order chi connectivity index (χ1) is 8.34. The Kier molecular flexibility index (Phi) is 5.14. The fraction of sp³-hybridized carbons (Fsp3) is 0.846. The van der Waals surface area contributed by atoms with Crippen molar-refractivity contribution >= 4 is 11.8 Å². The topological polar surface area (TPSA) is 43.9 Å². The van der Waals surface area contributed by atoms with Gasteiger partial charge in [-0.15, -0.1) is 0 Å². The van der Waals surface area contributed by atoms with Crippen molar-refractivity contribution in [3.8, 4) is 0 Å². The zero-order valence-corrected chi connectivity index (χ0v) is 12.1. The van der Waals surface area contributed by atoms with Crippen molar-refractivity contribution < 1.29 is 9.59 Å². The summed E-state index contributed by atoms with van der Waals surface area (Å²) in [5, 5.41) is 0. The highest BCUT2D eigenvalue weighted by Crippen LogP contribution is 2.18. The molecule has 1 aliphatic heterocycles. The number of nitrogens with zero attached hydrogens (tertiary/aromatic N) is 3. The molecule has 5 heteroatoms. The highest BCUT2D eigenvalue weighted by Gasteiger charge is 2.33. The maximum absolute atomic E-state index is 12.0. The van der Waals surface area contributed by atoms with E-state index in [-0.39, 0.29) is 23.9 Å². The molecule has 0 aromatic carbocycles. The molecule has 1 saturated heterocycles. The summed E-state index contributed by atoms with van der Waals surface area (Å²) in [5.74, 6) is 0.191. The summed E-state index contributed by atoms with van der Waals surface area (Å²) < 4.78 is 0. The van der Waals surface area contributed by atoms with Crippen molar-refractivity contribution in [2.24, 2.45) is 0 Å². The second kappa shape index (κ2) is 6.18. The number of hydrogen-bond donors (Lipinski definition) is 0. The lowest BCUT2D eigenvalue weighted by Crippen LogP contribution is -2.47. The third kappa shape index (κ3) is 3.45. The average molecular weight is 255 g/mol. The van der Waals surface area contributed by atoms with E-state index in [0.29, 0.717) is 6.54 Å². The number of carbonyl (C=O) groups is 2. The number of amides is 2. The molecule has 1 unspecified atom stereocenters. The normalized spacial score (nSPS) is 20.2. The Labute approximate surface area is 110 Å². The third-order valence-electron chi connectivity index (χ3n) is 3.60. The Morgan fingerprint density at radius 1 is 1.28 bits per heavy atom. The lowest BCUT2D eigenvalue weighted by molar-refractivity contribution is -0.137. The van der Waals surface area contributed by atoms with Gasteiger partial charge in [-0.25, -0.2) is 0 Å². The molecular weight excluding hydrogens is 230 g/mol. The molecule has 1 fully saturated rings. The first-order valence-electron chi connectivity index (χ1n) is 6.55. The molecule has 0 saturated carbocycles. The molecule has 104 valence electrons. The summed E-state index contributed by atoms with van der Waals surface area (Å²) in [7, 11) is 5.34. The van der Waals surface area contributed by atoms with Crippen LogP contribution in [0.5, 0.6) is 0 Å². The zero-order chi connectivity index (χ0) is 13.9. The molecule has 0 spiro atoms. The molecule has 0 aromatic heterocycles. The van der Waals surface area contributed by atoms with Crippen molar-refractivity contribution in [1.82, 2.24) is 14.7 Å². The van der Waals surface area contributed by atoms with E-state index in [4.69, 9.17) is 0 Å². The number of hydrogen-bond acceptors (Lipinski definition) is 3. The molecule has 1 atom stereocenters. The van der Waals surface area contributed by atoms with Gasteiger partial charge >= 0.3 is 0 Å². The molecule has 0 bridgehead atoms. The molecule has 2 amide bonds. The summed E-state index contributed by atoms with van der Waals surface area (Å²) in [5.41, 5.74) is 0. The smallest absolute Gasteiger partial charge is 0.239 e. The van der Waals surface area contributed by atoms with E-state index < -0.39 is 0 Å². The molecule has 18 heavy (non-hydrogen) atoms. The minimum atomic E-state index is -0.121. The van der Waals surface area contributed by atoms with Gasteiger partial charge in [0.25, 0.3) is 0 Å². The van der Waals surface area contributed by atoms with Crippen LogP contribution in [-0.4, -0.2) is 72.8 Å². The summed E-state index contributed by atoms with van der Waals surface area (Å²) in [6.45, 7) is 5.16. The fourth-order valence-corrected chi connectivity index (χ4v) is 2.17. The Morgan fingerprint density at radius 3 is 2.39 bits per heavy atom. The molecule has 0 N–H and O–H groups in total. The van der Waals surface area contributed by atoms with Gasteiger partial charge in [0.05, 0.1) is 12.6 Å². The molecule has 0 radical (unpaired) electrons.